The maximum Gasteiger partial charge on any atom is 0.412 e. The second-order valence-electron chi connectivity index (χ2n) is 5.70. The van der Waals surface area contributed by atoms with Crippen LogP contribution in [-0.4, -0.2) is 24.1 Å². The number of methoxy groups -OCH3 is 1. The molecule has 0 fully saturated rings. The molecule has 0 atom stereocenters. The van der Waals surface area contributed by atoms with E-state index in [1.165, 1.54) is 30.6 Å². The van der Waals surface area contributed by atoms with E-state index in [1.807, 2.05) is 36.4 Å². The molecule has 0 unspecified atom stereocenters. The quantitative estimate of drug-likeness (QED) is 0.293. The summed E-state index contributed by atoms with van der Waals surface area (Å²) in [5.41, 5.74) is 7.86. The molecule has 0 heterocycles. The smallest absolute Gasteiger partial charge is 0.412 e. The van der Waals surface area contributed by atoms with E-state index in [4.69, 9.17) is 11.0 Å². The molecule has 2 rings (SSSR count). The van der Waals surface area contributed by atoms with Crippen LogP contribution in [0.2, 0.25) is 0 Å². The van der Waals surface area contributed by atoms with Crippen molar-refractivity contribution in [3.05, 3.63) is 48.0 Å². The SMILES string of the molecule is CCCCSC(=Nc1ccc(Sc2cccc(C#N)c2)cc1N)NC(=O)OC. The van der Waals surface area contributed by atoms with Gasteiger partial charge in [-0.05, 0) is 42.8 Å². The molecule has 2 aromatic carbocycles. The third-order valence-electron chi connectivity index (χ3n) is 3.55. The van der Waals surface area contributed by atoms with Gasteiger partial charge in [0.15, 0.2) is 5.17 Å². The van der Waals surface area contributed by atoms with Crippen molar-refractivity contribution in [3.63, 3.8) is 0 Å². The highest BCUT2D eigenvalue weighted by molar-refractivity contribution is 8.13. The van der Waals surface area contributed by atoms with Gasteiger partial charge >= 0.3 is 6.09 Å². The van der Waals surface area contributed by atoms with E-state index in [9.17, 15) is 4.79 Å². The topological polar surface area (TPSA) is 101 Å². The zero-order chi connectivity index (χ0) is 20.4. The number of unbranched alkanes of at least 4 members (excludes halogenated alkanes) is 1. The number of thioether (sulfide) groups is 1. The number of amidine groups is 1. The Hall–Kier alpha value is -2.63. The molecule has 146 valence electrons. The van der Waals surface area contributed by atoms with Gasteiger partial charge in [0.05, 0.1) is 30.1 Å². The molecule has 0 radical (unpaired) electrons. The predicted molar refractivity (Wildman–Crippen MR) is 116 cm³/mol. The van der Waals surface area contributed by atoms with Gasteiger partial charge in [-0.1, -0.05) is 42.9 Å². The summed E-state index contributed by atoms with van der Waals surface area (Å²) >= 11 is 2.97. The number of nitriles is 1. The Morgan fingerprint density at radius 1 is 1.29 bits per heavy atom. The van der Waals surface area contributed by atoms with Crippen LogP contribution in [0.25, 0.3) is 0 Å². The summed E-state index contributed by atoms with van der Waals surface area (Å²) in [6.45, 7) is 2.10. The summed E-state index contributed by atoms with van der Waals surface area (Å²) in [6.07, 6.45) is 1.50. The van der Waals surface area contributed by atoms with Crippen molar-refractivity contribution in [2.24, 2.45) is 4.99 Å². The lowest BCUT2D eigenvalue weighted by Crippen LogP contribution is -2.28. The number of nitrogens with zero attached hydrogens (tertiary/aromatic N) is 2. The lowest BCUT2D eigenvalue weighted by molar-refractivity contribution is 0.177. The molecule has 28 heavy (non-hydrogen) atoms. The molecule has 0 aliphatic rings. The third kappa shape index (κ3) is 6.83. The standard InChI is InChI=1S/C20H22N4O2S2/c1-3-4-10-27-19(24-20(25)26-2)23-18-9-8-16(12-17(18)22)28-15-7-5-6-14(11-15)13-21/h5-9,11-12H,3-4,10,22H2,1-2H3,(H,23,24,25). The Morgan fingerprint density at radius 3 is 2.75 bits per heavy atom. The average molecular weight is 415 g/mol. The molecular formula is C20H22N4O2S2. The number of rotatable bonds is 6. The van der Waals surface area contributed by atoms with Crippen LogP contribution in [0.3, 0.4) is 0 Å². The molecule has 0 saturated carbocycles. The number of benzene rings is 2. The zero-order valence-electron chi connectivity index (χ0n) is 15.8. The largest absolute Gasteiger partial charge is 0.453 e. The Morgan fingerprint density at radius 2 is 2.07 bits per heavy atom. The van der Waals surface area contributed by atoms with Gasteiger partial charge < -0.3 is 10.5 Å². The monoisotopic (exact) mass is 414 g/mol. The molecule has 0 saturated heterocycles. The van der Waals surface area contributed by atoms with Crippen molar-refractivity contribution in [1.82, 2.24) is 5.32 Å². The normalized spacial score (nSPS) is 11.0. The Bertz CT molecular complexity index is 894. The second-order valence-corrected chi connectivity index (χ2v) is 7.93. The number of anilines is 1. The minimum absolute atomic E-state index is 0.453. The summed E-state index contributed by atoms with van der Waals surface area (Å²) in [7, 11) is 1.31. The molecule has 0 aromatic heterocycles. The van der Waals surface area contributed by atoms with Crippen molar-refractivity contribution in [2.75, 3.05) is 18.6 Å². The summed E-state index contributed by atoms with van der Waals surface area (Å²) in [6, 6.07) is 15.1. The summed E-state index contributed by atoms with van der Waals surface area (Å²) < 4.78 is 4.66. The van der Waals surface area contributed by atoms with Gasteiger partial charge in [0, 0.05) is 15.5 Å². The number of aliphatic imine (C=N–C) groups is 1. The molecule has 6 nitrogen and oxygen atoms in total. The Balaban J connectivity index is 2.18. The summed E-state index contributed by atoms with van der Waals surface area (Å²) in [5.74, 6) is 0.836. The highest BCUT2D eigenvalue weighted by Crippen LogP contribution is 2.33. The second kappa shape index (κ2) is 11.3. The van der Waals surface area contributed by atoms with Crippen LogP contribution in [0.4, 0.5) is 16.2 Å². The van der Waals surface area contributed by atoms with Crippen LogP contribution in [-0.2, 0) is 4.74 Å². The van der Waals surface area contributed by atoms with E-state index < -0.39 is 6.09 Å². The summed E-state index contributed by atoms with van der Waals surface area (Å²) in [5, 5.41) is 12.1. The van der Waals surface area contributed by atoms with Gasteiger partial charge in [-0.3, -0.25) is 5.32 Å². The van der Waals surface area contributed by atoms with Crippen LogP contribution >= 0.6 is 23.5 Å². The van der Waals surface area contributed by atoms with E-state index in [-0.39, 0.29) is 0 Å². The number of hydrogen-bond acceptors (Lipinski definition) is 7. The van der Waals surface area contributed by atoms with Crippen LogP contribution in [0.1, 0.15) is 25.3 Å². The molecule has 0 aliphatic heterocycles. The van der Waals surface area contributed by atoms with Gasteiger partial charge in [0.1, 0.15) is 0 Å². The average Bonchev–Trinajstić information content (AvgIpc) is 2.70. The first-order valence-corrected chi connectivity index (χ1v) is 10.5. The molecular weight excluding hydrogens is 392 g/mol. The number of nitrogens with one attached hydrogen (secondary N) is 1. The molecule has 8 heteroatoms. The van der Waals surface area contributed by atoms with Crippen molar-refractivity contribution in [3.8, 4) is 6.07 Å². The molecule has 0 aliphatic carbocycles. The number of carbonyl (C=O) groups excluding carboxylic acids is 1. The van der Waals surface area contributed by atoms with E-state index >= 15 is 0 Å². The third-order valence-corrected chi connectivity index (χ3v) is 5.49. The van der Waals surface area contributed by atoms with Crippen molar-refractivity contribution >= 4 is 46.2 Å². The first-order valence-electron chi connectivity index (χ1n) is 8.69. The predicted octanol–water partition coefficient (Wildman–Crippen LogP) is 5.17. The maximum atomic E-state index is 11.6. The highest BCUT2D eigenvalue weighted by atomic mass is 32.2. The van der Waals surface area contributed by atoms with Gasteiger partial charge in [-0.25, -0.2) is 9.79 Å². The van der Waals surface area contributed by atoms with E-state index in [0.717, 1.165) is 28.4 Å². The molecule has 1 amide bonds. The van der Waals surface area contributed by atoms with Crippen molar-refractivity contribution < 1.29 is 9.53 Å². The van der Waals surface area contributed by atoms with Crippen LogP contribution in [0.15, 0.2) is 57.2 Å². The van der Waals surface area contributed by atoms with Gasteiger partial charge in [-0.15, -0.1) is 0 Å². The van der Waals surface area contributed by atoms with Crippen LogP contribution < -0.4 is 11.1 Å². The molecule has 0 spiro atoms. The van der Waals surface area contributed by atoms with Crippen LogP contribution in [0, 0.1) is 11.3 Å². The molecule has 2 aromatic rings. The maximum absolute atomic E-state index is 11.6. The number of alkyl carbamates (subject to hydrolysis) is 1. The van der Waals surface area contributed by atoms with Crippen molar-refractivity contribution in [1.29, 1.82) is 5.26 Å². The lowest BCUT2D eigenvalue weighted by Gasteiger charge is -2.09. The van der Waals surface area contributed by atoms with Gasteiger partial charge in [0.25, 0.3) is 0 Å². The summed E-state index contributed by atoms with van der Waals surface area (Å²) in [4.78, 5) is 17.9. The Kier molecular flexibility index (Phi) is 8.72. The molecule has 3 N–H and O–H groups in total. The number of amides is 1. The number of nitrogen functional groups attached to an aromatic ring is 1. The Labute approximate surface area is 173 Å². The highest BCUT2D eigenvalue weighted by Gasteiger charge is 2.09. The number of carbonyl (C=O) groups is 1. The first-order chi connectivity index (χ1) is 13.5. The number of nitrogens with two attached hydrogens (primary N) is 1. The van der Waals surface area contributed by atoms with E-state index in [2.05, 4.69) is 28.0 Å². The van der Waals surface area contributed by atoms with E-state index in [1.54, 1.807) is 6.07 Å². The fourth-order valence-electron chi connectivity index (χ4n) is 2.12. The zero-order valence-corrected chi connectivity index (χ0v) is 17.4. The minimum atomic E-state index is -0.564. The fourth-order valence-corrected chi connectivity index (χ4v) is 3.99. The van der Waals surface area contributed by atoms with Crippen molar-refractivity contribution in [2.45, 2.75) is 29.6 Å². The number of ether oxygens (including phenoxy) is 1. The number of hydrogen-bond donors (Lipinski definition) is 2. The molecule has 0 bridgehead atoms. The van der Waals surface area contributed by atoms with Crippen LogP contribution in [0.5, 0.6) is 0 Å². The van der Waals surface area contributed by atoms with Gasteiger partial charge in [0.2, 0.25) is 0 Å². The minimum Gasteiger partial charge on any atom is -0.453 e. The lowest BCUT2D eigenvalue weighted by atomic mass is 10.2. The first kappa shape index (κ1) is 21.7. The van der Waals surface area contributed by atoms with E-state index in [0.29, 0.717) is 22.1 Å². The fraction of sp³-hybridized carbons (Fsp3) is 0.250. The van der Waals surface area contributed by atoms with Gasteiger partial charge in [-0.2, -0.15) is 5.26 Å².